The number of H-pyrrole nitrogens is 1. The third-order valence-electron chi connectivity index (χ3n) is 6.66. The molecule has 4 rings (SSSR count). The van der Waals surface area contributed by atoms with Gasteiger partial charge in [-0.05, 0) is 44.1 Å². The van der Waals surface area contributed by atoms with Crippen molar-refractivity contribution in [2.45, 2.75) is 63.4 Å². The highest BCUT2D eigenvalue weighted by Gasteiger charge is 2.36. The van der Waals surface area contributed by atoms with E-state index in [4.69, 9.17) is 0 Å². The standard InChI is InChI=1S/C21H29F3N6O2/c1-2-17(31)12-3-5-15(6-4-12)30-10-14(11-30)27-18(32)9-26-20-16-7-13(21(22,23)24)8-25-19(16)28-29-20/h7-8,12,14-15,17,31H,2-6,9-11H2,1H3,(H,27,32)(H2,25,26,28,29)/t12-,15+,17?. The van der Waals surface area contributed by atoms with Crippen LogP contribution in [-0.2, 0) is 11.0 Å². The Labute approximate surface area is 184 Å². The summed E-state index contributed by atoms with van der Waals surface area (Å²) in [6.45, 7) is 3.51. The Morgan fingerprint density at radius 3 is 2.69 bits per heavy atom. The van der Waals surface area contributed by atoms with E-state index in [1.165, 1.54) is 0 Å². The number of anilines is 1. The maximum atomic E-state index is 12.9. The molecule has 1 atom stereocenters. The summed E-state index contributed by atoms with van der Waals surface area (Å²) in [5.41, 5.74) is -0.650. The molecule has 2 aromatic heterocycles. The minimum absolute atomic E-state index is 0.0673. The molecule has 4 N–H and O–H groups in total. The summed E-state index contributed by atoms with van der Waals surface area (Å²) in [7, 11) is 0. The van der Waals surface area contributed by atoms with Gasteiger partial charge in [0.2, 0.25) is 5.91 Å². The minimum atomic E-state index is -4.50. The number of aliphatic hydroxyl groups is 1. The predicted molar refractivity (Wildman–Crippen MR) is 113 cm³/mol. The van der Waals surface area contributed by atoms with Crippen LogP contribution in [0, 0.1) is 5.92 Å². The number of hydrogen-bond donors (Lipinski definition) is 4. The van der Waals surface area contributed by atoms with Gasteiger partial charge in [-0.25, -0.2) is 4.98 Å². The summed E-state index contributed by atoms with van der Waals surface area (Å²) in [6.07, 6.45) is 1.08. The molecule has 8 nitrogen and oxygen atoms in total. The van der Waals surface area contributed by atoms with E-state index in [1.807, 2.05) is 6.92 Å². The number of pyridine rings is 1. The van der Waals surface area contributed by atoms with E-state index in [-0.39, 0.29) is 41.4 Å². The summed E-state index contributed by atoms with van der Waals surface area (Å²) < 4.78 is 38.8. The molecule has 2 aromatic rings. The number of aromatic nitrogens is 3. The van der Waals surface area contributed by atoms with Crippen molar-refractivity contribution in [3.05, 3.63) is 17.8 Å². The first-order chi connectivity index (χ1) is 15.2. The van der Waals surface area contributed by atoms with Gasteiger partial charge < -0.3 is 15.7 Å². The molecule has 1 saturated heterocycles. The number of halogens is 3. The van der Waals surface area contributed by atoms with Gasteiger partial charge in [0.15, 0.2) is 11.5 Å². The van der Waals surface area contributed by atoms with E-state index in [0.29, 0.717) is 12.0 Å². The molecule has 176 valence electrons. The Kier molecular flexibility index (Phi) is 6.57. The summed E-state index contributed by atoms with van der Waals surface area (Å²) >= 11 is 0. The van der Waals surface area contributed by atoms with Crippen LogP contribution >= 0.6 is 0 Å². The van der Waals surface area contributed by atoms with Gasteiger partial charge in [-0.3, -0.25) is 14.8 Å². The van der Waals surface area contributed by atoms with Crippen LogP contribution in [0.3, 0.4) is 0 Å². The molecule has 0 radical (unpaired) electrons. The molecule has 1 unspecified atom stereocenters. The maximum Gasteiger partial charge on any atom is 0.417 e. The maximum absolute atomic E-state index is 12.9. The molecule has 1 aliphatic heterocycles. The summed E-state index contributed by atoms with van der Waals surface area (Å²) in [4.78, 5) is 18.4. The third-order valence-corrected chi connectivity index (χ3v) is 6.66. The molecule has 32 heavy (non-hydrogen) atoms. The van der Waals surface area contributed by atoms with Crippen molar-refractivity contribution < 1.29 is 23.1 Å². The highest BCUT2D eigenvalue weighted by Crippen LogP contribution is 2.33. The Bertz CT molecular complexity index is 935. The number of nitrogens with one attached hydrogen (secondary N) is 3. The fourth-order valence-electron chi connectivity index (χ4n) is 4.72. The van der Waals surface area contributed by atoms with Gasteiger partial charge in [0.25, 0.3) is 0 Å². The monoisotopic (exact) mass is 454 g/mol. The predicted octanol–water partition coefficient (Wildman–Crippen LogP) is 2.52. The number of carbonyl (C=O) groups is 1. The van der Waals surface area contributed by atoms with Crippen LogP contribution in [0.5, 0.6) is 0 Å². The number of aliphatic hydroxyl groups excluding tert-OH is 1. The highest BCUT2D eigenvalue weighted by molar-refractivity contribution is 5.90. The van der Waals surface area contributed by atoms with E-state index in [2.05, 4.69) is 30.7 Å². The molecular weight excluding hydrogens is 425 g/mol. The van der Waals surface area contributed by atoms with E-state index in [9.17, 15) is 23.1 Å². The van der Waals surface area contributed by atoms with Crippen LogP contribution in [0.4, 0.5) is 19.0 Å². The second kappa shape index (κ2) is 9.22. The summed E-state index contributed by atoms with van der Waals surface area (Å²) in [5.74, 6) is 0.329. The first kappa shape index (κ1) is 22.8. The zero-order chi connectivity index (χ0) is 22.9. The lowest BCUT2D eigenvalue weighted by Gasteiger charge is -2.47. The SMILES string of the molecule is CCC(O)[C@H]1CC[C@@H](N2CC(NC(=O)CNc3n[nH]c4ncc(C(F)(F)F)cc34)C2)CC1. The molecule has 0 bridgehead atoms. The lowest BCUT2D eigenvalue weighted by atomic mass is 9.80. The highest BCUT2D eigenvalue weighted by atomic mass is 19.4. The Morgan fingerprint density at radius 2 is 2.03 bits per heavy atom. The second-order valence-corrected chi connectivity index (χ2v) is 8.81. The van der Waals surface area contributed by atoms with Gasteiger partial charge in [0.1, 0.15) is 0 Å². The Hall–Kier alpha value is -2.40. The van der Waals surface area contributed by atoms with E-state index in [1.54, 1.807) is 0 Å². The quantitative estimate of drug-likeness (QED) is 0.512. The number of likely N-dealkylation sites (tertiary alicyclic amines) is 1. The number of rotatable bonds is 7. The third kappa shape index (κ3) is 4.98. The van der Waals surface area contributed by atoms with Crippen LogP contribution in [0.25, 0.3) is 11.0 Å². The fourth-order valence-corrected chi connectivity index (χ4v) is 4.72. The van der Waals surface area contributed by atoms with Crippen molar-refractivity contribution in [2.75, 3.05) is 25.0 Å². The molecular formula is C21H29F3N6O2. The van der Waals surface area contributed by atoms with E-state index >= 15 is 0 Å². The average molecular weight is 454 g/mol. The fraction of sp³-hybridized carbons (Fsp3) is 0.667. The first-order valence-corrected chi connectivity index (χ1v) is 11.1. The number of aromatic amines is 1. The minimum Gasteiger partial charge on any atom is -0.393 e. The smallest absolute Gasteiger partial charge is 0.393 e. The molecule has 2 aliphatic rings. The van der Waals surface area contributed by atoms with Crippen molar-refractivity contribution >= 4 is 22.8 Å². The van der Waals surface area contributed by atoms with Gasteiger partial charge in [-0.1, -0.05) is 6.92 Å². The number of nitrogens with zero attached hydrogens (tertiary/aromatic N) is 3. The summed E-state index contributed by atoms with van der Waals surface area (Å²) in [5, 5.41) is 22.4. The van der Waals surface area contributed by atoms with Crippen LogP contribution in [-0.4, -0.2) is 68.9 Å². The van der Waals surface area contributed by atoms with Crippen LogP contribution < -0.4 is 10.6 Å². The molecule has 0 aromatic carbocycles. The van der Waals surface area contributed by atoms with Gasteiger partial charge >= 0.3 is 6.18 Å². The number of alkyl halides is 3. The molecule has 2 fully saturated rings. The van der Waals surface area contributed by atoms with E-state index < -0.39 is 11.7 Å². The molecule has 3 heterocycles. The largest absolute Gasteiger partial charge is 0.417 e. The molecule has 0 spiro atoms. The van der Waals surface area contributed by atoms with Gasteiger partial charge in [0, 0.05) is 25.3 Å². The number of amides is 1. The number of fused-ring (bicyclic) bond motifs is 1. The molecule has 1 aliphatic carbocycles. The summed E-state index contributed by atoms with van der Waals surface area (Å²) in [6, 6.07) is 1.54. The lowest BCUT2D eigenvalue weighted by molar-refractivity contribution is -0.137. The average Bonchev–Trinajstić information content (AvgIpc) is 3.16. The number of hydrogen-bond acceptors (Lipinski definition) is 6. The van der Waals surface area contributed by atoms with Gasteiger partial charge in [0.05, 0.1) is 29.6 Å². The van der Waals surface area contributed by atoms with Crippen molar-refractivity contribution in [1.29, 1.82) is 0 Å². The van der Waals surface area contributed by atoms with Crippen molar-refractivity contribution in [1.82, 2.24) is 25.4 Å². The zero-order valence-corrected chi connectivity index (χ0v) is 18.0. The zero-order valence-electron chi connectivity index (χ0n) is 18.0. The second-order valence-electron chi connectivity index (χ2n) is 8.81. The Morgan fingerprint density at radius 1 is 1.31 bits per heavy atom. The molecule has 11 heteroatoms. The van der Waals surface area contributed by atoms with Crippen LogP contribution in [0.1, 0.15) is 44.6 Å². The topological polar surface area (TPSA) is 106 Å². The van der Waals surface area contributed by atoms with Crippen molar-refractivity contribution in [3.63, 3.8) is 0 Å². The van der Waals surface area contributed by atoms with Gasteiger partial charge in [-0.15, -0.1) is 0 Å². The first-order valence-electron chi connectivity index (χ1n) is 11.1. The number of carbonyl (C=O) groups excluding carboxylic acids is 1. The normalized spacial score (nSPS) is 23.7. The molecule has 1 saturated carbocycles. The van der Waals surface area contributed by atoms with Crippen LogP contribution in [0.15, 0.2) is 12.3 Å². The van der Waals surface area contributed by atoms with Crippen molar-refractivity contribution in [3.8, 4) is 0 Å². The van der Waals surface area contributed by atoms with E-state index in [0.717, 1.165) is 57.5 Å². The van der Waals surface area contributed by atoms with Crippen molar-refractivity contribution in [2.24, 2.45) is 5.92 Å². The Balaban J connectivity index is 1.22. The lowest BCUT2D eigenvalue weighted by Crippen LogP contribution is -2.63. The van der Waals surface area contributed by atoms with Crippen LogP contribution in [0.2, 0.25) is 0 Å². The van der Waals surface area contributed by atoms with Gasteiger partial charge in [-0.2, -0.15) is 18.3 Å². The molecule has 1 amide bonds.